The van der Waals surface area contributed by atoms with E-state index in [2.05, 4.69) is 22.0 Å². The SMILES string of the molecule is CCN1CCCC(NCCN2CCCCCC2)CC1. The Hall–Kier alpha value is -0.120. The van der Waals surface area contributed by atoms with E-state index >= 15 is 0 Å². The Kier molecular flexibility index (Phi) is 7.18. The number of nitrogens with zero attached hydrogens (tertiary/aromatic N) is 2. The fourth-order valence-corrected chi connectivity index (χ4v) is 3.46. The van der Waals surface area contributed by atoms with Gasteiger partial charge in [-0.25, -0.2) is 0 Å². The molecule has 112 valence electrons. The van der Waals surface area contributed by atoms with Crippen molar-refractivity contribution in [3.8, 4) is 0 Å². The minimum Gasteiger partial charge on any atom is -0.313 e. The van der Waals surface area contributed by atoms with Crippen molar-refractivity contribution in [3.05, 3.63) is 0 Å². The first-order chi connectivity index (χ1) is 9.38. The molecule has 0 aromatic rings. The average Bonchev–Trinajstić information content (AvgIpc) is 2.81. The molecule has 2 saturated heterocycles. The minimum absolute atomic E-state index is 0.767. The molecule has 3 nitrogen and oxygen atoms in total. The summed E-state index contributed by atoms with van der Waals surface area (Å²) in [5, 5.41) is 3.81. The molecule has 1 N–H and O–H groups in total. The Labute approximate surface area is 119 Å². The van der Waals surface area contributed by atoms with Crippen LogP contribution in [0.25, 0.3) is 0 Å². The van der Waals surface area contributed by atoms with Crippen LogP contribution in [-0.4, -0.2) is 61.7 Å². The molecule has 0 aromatic heterocycles. The topological polar surface area (TPSA) is 18.5 Å². The van der Waals surface area contributed by atoms with Gasteiger partial charge in [0.25, 0.3) is 0 Å². The van der Waals surface area contributed by atoms with Crippen molar-refractivity contribution in [3.63, 3.8) is 0 Å². The zero-order chi connectivity index (χ0) is 13.3. The summed E-state index contributed by atoms with van der Waals surface area (Å²) in [4.78, 5) is 5.26. The van der Waals surface area contributed by atoms with Crippen molar-refractivity contribution in [2.24, 2.45) is 0 Å². The summed E-state index contributed by atoms with van der Waals surface area (Å²) in [7, 11) is 0. The van der Waals surface area contributed by atoms with Gasteiger partial charge in [0.2, 0.25) is 0 Å². The smallest absolute Gasteiger partial charge is 0.0107 e. The lowest BCUT2D eigenvalue weighted by molar-refractivity contribution is 0.273. The summed E-state index contributed by atoms with van der Waals surface area (Å²) in [6, 6.07) is 0.767. The van der Waals surface area contributed by atoms with Crippen LogP contribution in [0.3, 0.4) is 0 Å². The van der Waals surface area contributed by atoms with Gasteiger partial charge in [0.1, 0.15) is 0 Å². The molecule has 0 radical (unpaired) electrons. The van der Waals surface area contributed by atoms with Gasteiger partial charge in [-0.2, -0.15) is 0 Å². The first kappa shape index (κ1) is 15.3. The Morgan fingerprint density at radius 1 is 0.842 bits per heavy atom. The van der Waals surface area contributed by atoms with Crippen molar-refractivity contribution >= 4 is 0 Å². The van der Waals surface area contributed by atoms with Gasteiger partial charge >= 0.3 is 0 Å². The molecular formula is C16H33N3. The molecule has 1 atom stereocenters. The van der Waals surface area contributed by atoms with Crippen molar-refractivity contribution in [1.82, 2.24) is 15.1 Å². The summed E-state index contributed by atoms with van der Waals surface area (Å²) in [6.45, 7) is 11.2. The number of rotatable bonds is 5. The molecule has 0 amide bonds. The largest absolute Gasteiger partial charge is 0.313 e. The number of hydrogen-bond donors (Lipinski definition) is 1. The molecule has 3 heteroatoms. The lowest BCUT2D eigenvalue weighted by Crippen LogP contribution is -2.38. The molecule has 0 aliphatic carbocycles. The predicted octanol–water partition coefficient (Wildman–Crippen LogP) is 2.33. The van der Waals surface area contributed by atoms with Crippen LogP contribution < -0.4 is 5.32 Å². The number of nitrogens with one attached hydrogen (secondary N) is 1. The second-order valence-corrected chi connectivity index (χ2v) is 6.27. The van der Waals surface area contributed by atoms with Crippen LogP contribution in [0.1, 0.15) is 51.9 Å². The van der Waals surface area contributed by atoms with Crippen LogP contribution in [0, 0.1) is 0 Å². The quantitative estimate of drug-likeness (QED) is 0.825. The van der Waals surface area contributed by atoms with E-state index in [1.807, 2.05) is 0 Å². The van der Waals surface area contributed by atoms with E-state index in [1.54, 1.807) is 0 Å². The first-order valence-electron chi connectivity index (χ1n) is 8.56. The van der Waals surface area contributed by atoms with E-state index in [0.29, 0.717) is 0 Å². The van der Waals surface area contributed by atoms with Crippen LogP contribution in [0.4, 0.5) is 0 Å². The lowest BCUT2D eigenvalue weighted by Gasteiger charge is -2.22. The molecule has 0 spiro atoms. The first-order valence-corrected chi connectivity index (χ1v) is 8.56. The number of hydrogen-bond acceptors (Lipinski definition) is 3. The van der Waals surface area contributed by atoms with Crippen LogP contribution in [0.5, 0.6) is 0 Å². The standard InChI is InChI=1S/C16H33N3/c1-2-18-13-7-8-16(9-14-18)17-10-15-19-11-5-3-4-6-12-19/h16-17H,2-15H2,1H3. The summed E-state index contributed by atoms with van der Waals surface area (Å²) in [5.41, 5.74) is 0. The third-order valence-electron chi connectivity index (χ3n) is 4.83. The van der Waals surface area contributed by atoms with E-state index in [4.69, 9.17) is 0 Å². The monoisotopic (exact) mass is 267 g/mol. The fraction of sp³-hybridized carbons (Fsp3) is 1.00. The van der Waals surface area contributed by atoms with Crippen LogP contribution in [0.2, 0.25) is 0 Å². The van der Waals surface area contributed by atoms with E-state index in [1.165, 1.54) is 90.8 Å². The molecule has 1 unspecified atom stereocenters. The predicted molar refractivity (Wildman–Crippen MR) is 82.7 cm³/mol. The number of likely N-dealkylation sites (tertiary alicyclic amines) is 2. The highest BCUT2D eigenvalue weighted by atomic mass is 15.1. The Morgan fingerprint density at radius 2 is 1.58 bits per heavy atom. The minimum atomic E-state index is 0.767. The van der Waals surface area contributed by atoms with E-state index < -0.39 is 0 Å². The Morgan fingerprint density at radius 3 is 2.32 bits per heavy atom. The lowest BCUT2D eigenvalue weighted by atomic mass is 10.1. The van der Waals surface area contributed by atoms with Gasteiger partial charge in [0.05, 0.1) is 0 Å². The van der Waals surface area contributed by atoms with Gasteiger partial charge in [-0.3, -0.25) is 0 Å². The third-order valence-corrected chi connectivity index (χ3v) is 4.83. The summed E-state index contributed by atoms with van der Waals surface area (Å²) >= 11 is 0. The van der Waals surface area contributed by atoms with Crippen LogP contribution >= 0.6 is 0 Å². The van der Waals surface area contributed by atoms with E-state index in [-0.39, 0.29) is 0 Å². The van der Waals surface area contributed by atoms with Crippen LogP contribution in [-0.2, 0) is 0 Å². The van der Waals surface area contributed by atoms with E-state index in [9.17, 15) is 0 Å². The summed E-state index contributed by atoms with van der Waals surface area (Å²) in [5.74, 6) is 0. The second kappa shape index (κ2) is 8.93. The molecule has 2 fully saturated rings. The zero-order valence-corrected chi connectivity index (χ0v) is 12.9. The molecular weight excluding hydrogens is 234 g/mol. The van der Waals surface area contributed by atoms with Crippen molar-refractivity contribution in [2.75, 3.05) is 45.8 Å². The Balaban J connectivity index is 1.59. The van der Waals surface area contributed by atoms with Gasteiger partial charge in [-0.1, -0.05) is 19.8 Å². The van der Waals surface area contributed by atoms with Gasteiger partial charge in [-0.05, 0) is 64.8 Å². The highest BCUT2D eigenvalue weighted by molar-refractivity contribution is 4.75. The second-order valence-electron chi connectivity index (χ2n) is 6.27. The van der Waals surface area contributed by atoms with Crippen LogP contribution in [0.15, 0.2) is 0 Å². The Bertz CT molecular complexity index is 224. The van der Waals surface area contributed by atoms with Crippen molar-refractivity contribution < 1.29 is 0 Å². The fourth-order valence-electron chi connectivity index (χ4n) is 3.46. The summed E-state index contributed by atoms with van der Waals surface area (Å²) < 4.78 is 0. The van der Waals surface area contributed by atoms with Gasteiger partial charge in [0, 0.05) is 19.1 Å². The third kappa shape index (κ3) is 5.80. The maximum atomic E-state index is 3.81. The molecule has 2 heterocycles. The molecule has 2 rings (SSSR count). The van der Waals surface area contributed by atoms with Crippen molar-refractivity contribution in [2.45, 2.75) is 57.9 Å². The average molecular weight is 267 g/mol. The maximum absolute atomic E-state index is 3.81. The molecule has 0 saturated carbocycles. The molecule has 0 aromatic carbocycles. The normalized spacial score (nSPS) is 27.9. The molecule has 2 aliphatic rings. The molecule has 19 heavy (non-hydrogen) atoms. The van der Waals surface area contributed by atoms with Crippen molar-refractivity contribution in [1.29, 1.82) is 0 Å². The van der Waals surface area contributed by atoms with E-state index in [0.717, 1.165) is 6.04 Å². The zero-order valence-electron chi connectivity index (χ0n) is 12.9. The van der Waals surface area contributed by atoms with Gasteiger partial charge in [0.15, 0.2) is 0 Å². The molecule has 0 bridgehead atoms. The highest BCUT2D eigenvalue weighted by Gasteiger charge is 2.15. The van der Waals surface area contributed by atoms with Gasteiger partial charge in [-0.15, -0.1) is 0 Å². The highest BCUT2D eigenvalue weighted by Crippen LogP contribution is 2.11. The van der Waals surface area contributed by atoms with Gasteiger partial charge < -0.3 is 15.1 Å². The molecule has 2 aliphatic heterocycles. The summed E-state index contributed by atoms with van der Waals surface area (Å²) in [6.07, 6.45) is 9.79. The maximum Gasteiger partial charge on any atom is 0.0107 e.